The number of nitrogens with zero attached hydrogens (tertiary/aromatic N) is 1. The molecule has 0 unspecified atom stereocenters. The molecule has 0 fully saturated rings. The van der Waals surface area contributed by atoms with E-state index in [0.717, 1.165) is 18.5 Å². The first-order valence-electron chi connectivity index (χ1n) is 9.95. The van der Waals surface area contributed by atoms with Gasteiger partial charge in [0.15, 0.2) is 0 Å². The second-order valence-corrected chi connectivity index (χ2v) is 7.58. The lowest BCUT2D eigenvalue weighted by Crippen LogP contribution is -2.12. The standard InChI is InChI=1S/C26H20N2/c1-3-11-21-19(9-1)23(15-17-7-5-13-27-25(17)21)24-16-18-8-6-14-28-26(18)22-12-4-2-10-20(22)24/h1-5,7,9-13,15-16,28H,6,8,14H2. The topological polar surface area (TPSA) is 24.9 Å². The molecular formula is C26H20N2. The van der Waals surface area contributed by atoms with Crippen LogP contribution >= 0.6 is 0 Å². The Hall–Kier alpha value is -3.39. The van der Waals surface area contributed by atoms with Crippen molar-refractivity contribution in [2.75, 3.05) is 11.9 Å². The van der Waals surface area contributed by atoms with Gasteiger partial charge in [-0.05, 0) is 58.5 Å². The van der Waals surface area contributed by atoms with E-state index in [0.29, 0.717) is 0 Å². The molecule has 1 aliphatic heterocycles. The van der Waals surface area contributed by atoms with Crippen LogP contribution in [0.2, 0.25) is 0 Å². The van der Waals surface area contributed by atoms with Crippen LogP contribution in [-0.2, 0) is 6.42 Å². The van der Waals surface area contributed by atoms with Gasteiger partial charge in [-0.15, -0.1) is 0 Å². The Kier molecular flexibility index (Phi) is 3.39. The molecule has 134 valence electrons. The van der Waals surface area contributed by atoms with Gasteiger partial charge >= 0.3 is 0 Å². The molecule has 0 radical (unpaired) electrons. The van der Waals surface area contributed by atoms with Gasteiger partial charge in [0, 0.05) is 34.6 Å². The van der Waals surface area contributed by atoms with Crippen LogP contribution in [-0.4, -0.2) is 11.5 Å². The molecule has 5 aromatic rings. The number of pyridine rings is 1. The van der Waals surface area contributed by atoms with Gasteiger partial charge in [0.1, 0.15) is 0 Å². The molecule has 6 rings (SSSR count). The third kappa shape index (κ3) is 2.24. The van der Waals surface area contributed by atoms with Crippen molar-refractivity contribution in [2.24, 2.45) is 0 Å². The summed E-state index contributed by atoms with van der Waals surface area (Å²) in [7, 11) is 0. The third-order valence-electron chi connectivity index (χ3n) is 5.95. The summed E-state index contributed by atoms with van der Waals surface area (Å²) in [5, 5.41) is 9.95. The first-order chi connectivity index (χ1) is 13.9. The van der Waals surface area contributed by atoms with Gasteiger partial charge in [-0.3, -0.25) is 4.98 Å². The molecule has 1 aromatic heterocycles. The minimum atomic E-state index is 1.06. The molecular weight excluding hydrogens is 340 g/mol. The van der Waals surface area contributed by atoms with Crippen LogP contribution in [0.5, 0.6) is 0 Å². The van der Waals surface area contributed by atoms with E-state index < -0.39 is 0 Å². The summed E-state index contributed by atoms with van der Waals surface area (Å²) >= 11 is 0. The highest BCUT2D eigenvalue weighted by atomic mass is 14.9. The Balaban J connectivity index is 1.78. The second kappa shape index (κ2) is 6.07. The highest BCUT2D eigenvalue weighted by Gasteiger charge is 2.18. The number of aromatic nitrogens is 1. The van der Waals surface area contributed by atoms with Crippen molar-refractivity contribution < 1.29 is 0 Å². The van der Waals surface area contributed by atoms with Crippen LogP contribution in [0.1, 0.15) is 12.0 Å². The molecule has 2 heteroatoms. The Bertz CT molecular complexity index is 1370. The number of aryl methyl sites for hydroxylation is 1. The van der Waals surface area contributed by atoms with Gasteiger partial charge in [-0.1, -0.05) is 54.6 Å². The number of hydrogen-bond acceptors (Lipinski definition) is 2. The zero-order valence-corrected chi connectivity index (χ0v) is 15.6. The fraction of sp³-hybridized carbons (Fsp3) is 0.115. The summed E-state index contributed by atoms with van der Waals surface area (Å²) in [6, 6.07) is 26.4. The van der Waals surface area contributed by atoms with E-state index in [-0.39, 0.29) is 0 Å². The van der Waals surface area contributed by atoms with E-state index >= 15 is 0 Å². The van der Waals surface area contributed by atoms with Gasteiger partial charge in [-0.2, -0.15) is 0 Å². The average Bonchev–Trinajstić information content (AvgIpc) is 2.78. The number of benzene rings is 4. The van der Waals surface area contributed by atoms with Crippen molar-refractivity contribution in [3.8, 4) is 11.1 Å². The van der Waals surface area contributed by atoms with Crippen molar-refractivity contribution in [3.05, 3.63) is 84.6 Å². The van der Waals surface area contributed by atoms with Gasteiger partial charge in [0.25, 0.3) is 0 Å². The fourth-order valence-corrected chi connectivity index (χ4v) is 4.69. The van der Waals surface area contributed by atoms with E-state index in [1.54, 1.807) is 0 Å². The quantitative estimate of drug-likeness (QED) is 0.342. The normalized spacial score (nSPS) is 13.6. The molecule has 1 N–H and O–H groups in total. The van der Waals surface area contributed by atoms with Gasteiger partial charge in [0.05, 0.1) is 5.52 Å². The summed E-state index contributed by atoms with van der Waals surface area (Å²) in [4.78, 5) is 4.67. The van der Waals surface area contributed by atoms with Crippen molar-refractivity contribution in [3.63, 3.8) is 0 Å². The summed E-state index contributed by atoms with van der Waals surface area (Å²) in [6.45, 7) is 1.06. The number of anilines is 1. The molecule has 2 nitrogen and oxygen atoms in total. The summed E-state index contributed by atoms with van der Waals surface area (Å²) < 4.78 is 0. The van der Waals surface area contributed by atoms with E-state index in [4.69, 9.17) is 0 Å². The molecule has 0 saturated heterocycles. The van der Waals surface area contributed by atoms with Crippen molar-refractivity contribution in [2.45, 2.75) is 12.8 Å². The molecule has 0 aliphatic carbocycles. The van der Waals surface area contributed by atoms with Crippen LogP contribution in [0, 0.1) is 0 Å². The van der Waals surface area contributed by atoms with Crippen LogP contribution in [0.25, 0.3) is 43.6 Å². The van der Waals surface area contributed by atoms with Crippen LogP contribution < -0.4 is 5.32 Å². The van der Waals surface area contributed by atoms with Gasteiger partial charge in [-0.25, -0.2) is 0 Å². The second-order valence-electron chi connectivity index (χ2n) is 7.58. The van der Waals surface area contributed by atoms with Gasteiger partial charge < -0.3 is 5.32 Å². The van der Waals surface area contributed by atoms with Crippen LogP contribution in [0.4, 0.5) is 5.69 Å². The zero-order chi connectivity index (χ0) is 18.5. The Morgan fingerprint density at radius 2 is 1.43 bits per heavy atom. The molecule has 4 aromatic carbocycles. The fourth-order valence-electron chi connectivity index (χ4n) is 4.69. The maximum atomic E-state index is 4.67. The molecule has 1 aliphatic rings. The van der Waals surface area contributed by atoms with Gasteiger partial charge in [0.2, 0.25) is 0 Å². The highest BCUT2D eigenvalue weighted by Crippen LogP contribution is 2.41. The van der Waals surface area contributed by atoms with Crippen molar-refractivity contribution in [1.82, 2.24) is 4.98 Å². The molecule has 0 spiro atoms. The van der Waals surface area contributed by atoms with Crippen molar-refractivity contribution in [1.29, 1.82) is 0 Å². The summed E-state index contributed by atoms with van der Waals surface area (Å²) in [5.74, 6) is 0. The Morgan fingerprint density at radius 3 is 2.29 bits per heavy atom. The van der Waals surface area contributed by atoms with E-state index in [1.807, 2.05) is 12.3 Å². The van der Waals surface area contributed by atoms with Crippen molar-refractivity contribution >= 4 is 38.1 Å². The molecule has 0 bridgehead atoms. The SMILES string of the molecule is c1cnc2c(c1)cc(-c1cc3c(c4ccccc14)NCCC3)c1ccccc12. The number of fused-ring (bicyclic) bond motifs is 6. The predicted octanol–water partition coefficient (Wildman–Crippen LogP) is 6.57. The number of hydrogen-bond donors (Lipinski definition) is 1. The molecule has 0 atom stereocenters. The lowest BCUT2D eigenvalue weighted by Gasteiger charge is -2.23. The molecule has 0 saturated carbocycles. The minimum Gasteiger partial charge on any atom is -0.384 e. The third-order valence-corrected chi connectivity index (χ3v) is 5.95. The summed E-state index contributed by atoms with van der Waals surface area (Å²) in [6.07, 6.45) is 4.20. The lowest BCUT2D eigenvalue weighted by molar-refractivity contribution is 0.833. The first kappa shape index (κ1) is 15.6. The minimum absolute atomic E-state index is 1.06. The molecule has 2 heterocycles. The largest absolute Gasteiger partial charge is 0.384 e. The first-order valence-corrected chi connectivity index (χ1v) is 9.95. The smallest absolute Gasteiger partial charge is 0.0780 e. The Labute approximate surface area is 163 Å². The molecule has 28 heavy (non-hydrogen) atoms. The predicted molar refractivity (Wildman–Crippen MR) is 119 cm³/mol. The zero-order valence-electron chi connectivity index (χ0n) is 15.6. The van der Waals surface area contributed by atoms with E-state index in [9.17, 15) is 0 Å². The monoisotopic (exact) mass is 360 g/mol. The highest BCUT2D eigenvalue weighted by molar-refractivity contribution is 6.16. The number of nitrogens with one attached hydrogen (secondary N) is 1. The molecule has 0 amide bonds. The Morgan fingerprint density at radius 1 is 0.714 bits per heavy atom. The maximum Gasteiger partial charge on any atom is 0.0780 e. The van der Waals surface area contributed by atoms with E-state index in [2.05, 4.69) is 77.0 Å². The number of rotatable bonds is 1. The van der Waals surface area contributed by atoms with E-state index in [1.165, 1.54) is 55.7 Å². The summed E-state index contributed by atoms with van der Waals surface area (Å²) in [5.41, 5.74) is 6.43. The maximum absolute atomic E-state index is 4.67. The van der Waals surface area contributed by atoms with Crippen LogP contribution in [0.15, 0.2) is 79.0 Å². The lowest BCUT2D eigenvalue weighted by atomic mass is 9.88. The van der Waals surface area contributed by atoms with Crippen LogP contribution in [0.3, 0.4) is 0 Å². The average molecular weight is 360 g/mol.